The van der Waals surface area contributed by atoms with Gasteiger partial charge < -0.3 is 14.1 Å². The zero-order chi connectivity index (χ0) is 15.9. The minimum Gasteiger partial charge on any atom is -0.467 e. The van der Waals surface area contributed by atoms with Gasteiger partial charge in [-0.05, 0) is 17.7 Å². The lowest BCUT2D eigenvalue weighted by Gasteiger charge is -2.26. The van der Waals surface area contributed by atoms with Crippen molar-refractivity contribution in [3.05, 3.63) is 60.1 Å². The molecule has 0 unspecified atom stereocenters. The lowest BCUT2D eigenvalue weighted by Crippen LogP contribution is -2.33. The van der Waals surface area contributed by atoms with Gasteiger partial charge in [0.05, 0.1) is 19.4 Å². The second kappa shape index (κ2) is 7.45. The number of ether oxygens (including phenoxy) is 1. The van der Waals surface area contributed by atoms with Crippen LogP contribution in [0.25, 0.3) is 0 Å². The fourth-order valence-electron chi connectivity index (χ4n) is 2.17. The molecule has 0 fully saturated rings. The first-order valence-electron chi connectivity index (χ1n) is 7.06. The third-order valence-electron chi connectivity index (χ3n) is 3.24. The highest BCUT2D eigenvalue weighted by Crippen LogP contribution is 2.20. The van der Waals surface area contributed by atoms with E-state index in [1.807, 2.05) is 30.3 Å². The maximum Gasteiger partial charge on any atom is 0.303 e. The number of hydrogen-bond donors (Lipinski definition) is 0. The van der Waals surface area contributed by atoms with Crippen LogP contribution in [0.4, 0.5) is 0 Å². The molecule has 0 N–H and O–H groups in total. The second-order valence-corrected chi connectivity index (χ2v) is 4.99. The molecule has 2 aromatic rings. The summed E-state index contributed by atoms with van der Waals surface area (Å²) in [5.74, 6) is 0.199. The summed E-state index contributed by atoms with van der Waals surface area (Å²) in [5.41, 5.74) is 0.850. The summed E-state index contributed by atoms with van der Waals surface area (Å²) in [7, 11) is 0. The largest absolute Gasteiger partial charge is 0.467 e. The number of amides is 1. The Morgan fingerprint density at radius 1 is 1.14 bits per heavy atom. The average molecular weight is 301 g/mol. The van der Waals surface area contributed by atoms with Crippen LogP contribution >= 0.6 is 0 Å². The molecule has 1 heterocycles. The predicted octanol–water partition coefficient (Wildman–Crippen LogP) is 2.93. The van der Waals surface area contributed by atoms with Crippen molar-refractivity contribution in [2.75, 3.05) is 6.54 Å². The number of rotatable bonds is 6. The van der Waals surface area contributed by atoms with Crippen LogP contribution in [0.15, 0.2) is 53.1 Å². The van der Waals surface area contributed by atoms with Crippen molar-refractivity contribution in [1.82, 2.24) is 4.90 Å². The summed E-state index contributed by atoms with van der Waals surface area (Å²) < 4.78 is 10.7. The van der Waals surface area contributed by atoms with Gasteiger partial charge in [-0.3, -0.25) is 9.59 Å². The average Bonchev–Trinajstić information content (AvgIpc) is 2.99. The number of carbonyl (C=O) groups is 2. The molecule has 5 heteroatoms. The minimum atomic E-state index is -0.502. The maximum absolute atomic E-state index is 11.9. The molecule has 0 aliphatic carbocycles. The van der Waals surface area contributed by atoms with E-state index in [2.05, 4.69) is 0 Å². The van der Waals surface area contributed by atoms with Gasteiger partial charge >= 0.3 is 5.97 Å². The summed E-state index contributed by atoms with van der Waals surface area (Å²) in [6.45, 7) is 3.46. The van der Waals surface area contributed by atoms with Gasteiger partial charge in [-0.25, -0.2) is 0 Å². The lowest BCUT2D eigenvalue weighted by atomic mass is 10.1. The molecule has 1 amide bonds. The van der Waals surface area contributed by atoms with Crippen molar-refractivity contribution in [3.63, 3.8) is 0 Å². The molecule has 0 saturated carbocycles. The third-order valence-corrected chi connectivity index (χ3v) is 3.24. The van der Waals surface area contributed by atoms with Crippen LogP contribution in [0.1, 0.15) is 31.3 Å². The number of furan rings is 1. The van der Waals surface area contributed by atoms with Crippen LogP contribution in [0.3, 0.4) is 0 Å². The fraction of sp³-hybridized carbons (Fsp3) is 0.294. The van der Waals surface area contributed by atoms with Gasteiger partial charge in [-0.15, -0.1) is 0 Å². The summed E-state index contributed by atoms with van der Waals surface area (Å²) in [6.07, 6.45) is 1.06. The Morgan fingerprint density at radius 2 is 1.86 bits per heavy atom. The van der Waals surface area contributed by atoms with Crippen molar-refractivity contribution in [3.8, 4) is 0 Å². The fourth-order valence-corrected chi connectivity index (χ4v) is 2.17. The van der Waals surface area contributed by atoms with Gasteiger partial charge in [0.25, 0.3) is 0 Å². The summed E-state index contributed by atoms with van der Waals surface area (Å²) in [6, 6.07) is 13.0. The SMILES string of the molecule is CC(=O)O[C@H](CN(Cc1ccco1)C(C)=O)c1ccccc1. The summed E-state index contributed by atoms with van der Waals surface area (Å²) in [4.78, 5) is 24.8. The molecule has 0 spiro atoms. The highest BCUT2D eigenvalue weighted by Gasteiger charge is 2.21. The molecular weight excluding hydrogens is 282 g/mol. The Hall–Kier alpha value is -2.56. The Bertz CT molecular complexity index is 607. The summed E-state index contributed by atoms with van der Waals surface area (Å²) in [5, 5.41) is 0. The molecule has 0 radical (unpaired) electrons. The molecule has 0 saturated heterocycles. The molecule has 0 aliphatic rings. The van der Waals surface area contributed by atoms with E-state index in [0.717, 1.165) is 5.56 Å². The van der Waals surface area contributed by atoms with Gasteiger partial charge in [-0.1, -0.05) is 30.3 Å². The van der Waals surface area contributed by atoms with Gasteiger partial charge in [0.2, 0.25) is 5.91 Å². The first-order valence-corrected chi connectivity index (χ1v) is 7.06. The Kier molecular flexibility index (Phi) is 5.36. The highest BCUT2D eigenvalue weighted by molar-refractivity contribution is 5.73. The Balaban J connectivity index is 2.15. The van der Waals surface area contributed by atoms with E-state index < -0.39 is 6.10 Å². The number of benzene rings is 1. The van der Waals surface area contributed by atoms with Crippen molar-refractivity contribution in [2.24, 2.45) is 0 Å². The van der Waals surface area contributed by atoms with Crippen LogP contribution in [0, 0.1) is 0 Å². The first-order chi connectivity index (χ1) is 10.6. The maximum atomic E-state index is 11.9. The minimum absolute atomic E-state index is 0.107. The van der Waals surface area contributed by atoms with Gasteiger partial charge in [-0.2, -0.15) is 0 Å². The van der Waals surface area contributed by atoms with Gasteiger partial charge in [0.15, 0.2) is 0 Å². The van der Waals surface area contributed by atoms with Crippen LogP contribution < -0.4 is 0 Å². The monoisotopic (exact) mass is 301 g/mol. The van der Waals surface area contributed by atoms with Gasteiger partial charge in [0.1, 0.15) is 11.9 Å². The van der Waals surface area contributed by atoms with E-state index >= 15 is 0 Å². The predicted molar refractivity (Wildman–Crippen MR) is 80.7 cm³/mol. The van der Waals surface area contributed by atoms with Crippen molar-refractivity contribution >= 4 is 11.9 Å². The molecule has 22 heavy (non-hydrogen) atoms. The van der Waals surface area contributed by atoms with Crippen molar-refractivity contribution < 1.29 is 18.7 Å². The number of esters is 1. The van der Waals surface area contributed by atoms with Crippen LogP contribution in [-0.2, 0) is 20.9 Å². The second-order valence-electron chi connectivity index (χ2n) is 4.99. The molecular formula is C17H19NO4. The zero-order valence-electron chi connectivity index (χ0n) is 12.7. The molecule has 5 nitrogen and oxygen atoms in total. The Morgan fingerprint density at radius 3 is 2.41 bits per heavy atom. The van der Waals surface area contributed by atoms with E-state index in [9.17, 15) is 9.59 Å². The lowest BCUT2D eigenvalue weighted by molar-refractivity contribution is -0.150. The molecule has 1 aromatic heterocycles. The van der Waals surface area contributed by atoms with Crippen molar-refractivity contribution in [2.45, 2.75) is 26.5 Å². The van der Waals surface area contributed by atoms with E-state index in [0.29, 0.717) is 12.3 Å². The van der Waals surface area contributed by atoms with E-state index in [4.69, 9.17) is 9.15 Å². The van der Waals surface area contributed by atoms with Crippen LogP contribution in [0.2, 0.25) is 0 Å². The van der Waals surface area contributed by atoms with E-state index in [-0.39, 0.29) is 18.4 Å². The highest BCUT2D eigenvalue weighted by atomic mass is 16.5. The number of carbonyl (C=O) groups excluding carboxylic acids is 2. The van der Waals surface area contributed by atoms with Crippen LogP contribution in [0.5, 0.6) is 0 Å². The zero-order valence-corrected chi connectivity index (χ0v) is 12.7. The quantitative estimate of drug-likeness (QED) is 0.770. The van der Waals surface area contributed by atoms with E-state index in [1.165, 1.54) is 13.8 Å². The summed E-state index contributed by atoms with van der Waals surface area (Å²) >= 11 is 0. The van der Waals surface area contributed by atoms with E-state index in [1.54, 1.807) is 23.3 Å². The molecule has 2 rings (SSSR count). The van der Waals surface area contributed by atoms with Gasteiger partial charge in [0, 0.05) is 13.8 Å². The normalized spacial score (nSPS) is 11.7. The third kappa shape index (κ3) is 4.48. The van der Waals surface area contributed by atoms with Crippen molar-refractivity contribution in [1.29, 1.82) is 0 Å². The molecule has 0 aliphatic heterocycles. The molecule has 1 atom stereocenters. The molecule has 0 bridgehead atoms. The number of nitrogens with zero attached hydrogens (tertiary/aromatic N) is 1. The smallest absolute Gasteiger partial charge is 0.303 e. The molecule has 116 valence electrons. The number of hydrogen-bond acceptors (Lipinski definition) is 4. The first kappa shape index (κ1) is 15.8. The topological polar surface area (TPSA) is 59.8 Å². The molecule has 1 aromatic carbocycles. The standard InChI is InChI=1S/C17H19NO4/c1-13(19)18(11-16-9-6-10-21-16)12-17(22-14(2)20)15-7-4-3-5-8-15/h3-10,17H,11-12H2,1-2H3/t17-/m1/s1. The van der Waals surface area contributed by atoms with Crippen LogP contribution in [-0.4, -0.2) is 23.3 Å². The Labute approximate surface area is 129 Å².